The van der Waals surface area contributed by atoms with Gasteiger partial charge in [0, 0.05) is 25.7 Å². The number of rotatable bonds is 6. The van der Waals surface area contributed by atoms with Crippen molar-refractivity contribution in [2.24, 2.45) is 5.41 Å². The van der Waals surface area contributed by atoms with Crippen molar-refractivity contribution in [1.82, 2.24) is 15.1 Å². The van der Waals surface area contributed by atoms with E-state index < -0.39 is 23.5 Å². The third-order valence-corrected chi connectivity index (χ3v) is 4.48. The fourth-order valence-corrected chi connectivity index (χ4v) is 2.52. The second-order valence-electron chi connectivity index (χ2n) is 7.79. The van der Waals surface area contributed by atoms with Gasteiger partial charge in [-0.1, -0.05) is 26.8 Å². The summed E-state index contributed by atoms with van der Waals surface area (Å²) in [5.41, 5.74) is -0.331. The van der Waals surface area contributed by atoms with Crippen molar-refractivity contribution in [3.8, 4) is 0 Å². The highest BCUT2D eigenvalue weighted by Crippen LogP contribution is 2.21. The lowest BCUT2D eigenvalue weighted by Gasteiger charge is -2.36. The molecule has 2 amide bonds. The molecule has 1 aliphatic heterocycles. The van der Waals surface area contributed by atoms with Gasteiger partial charge in [-0.25, -0.2) is 4.79 Å². The summed E-state index contributed by atoms with van der Waals surface area (Å²) in [5, 5.41) is 11.8. The molecule has 0 aliphatic carbocycles. The Kier molecular flexibility index (Phi) is 7.77. The molecular formula is C18H31N3O5. The van der Waals surface area contributed by atoms with Gasteiger partial charge < -0.3 is 20.1 Å². The second-order valence-corrected chi connectivity index (χ2v) is 7.79. The number of nitrogens with zero attached hydrogens (tertiary/aromatic N) is 2. The van der Waals surface area contributed by atoms with Crippen molar-refractivity contribution in [3.63, 3.8) is 0 Å². The number of hydrogen-bond acceptors (Lipinski definition) is 5. The van der Waals surface area contributed by atoms with Crippen molar-refractivity contribution in [2.45, 2.75) is 39.8 Å². The number of morpholine rings is 1. The van der Waals surface area contributed by atoms with E-state index in [1.807, 2.05) is 32.7 Å². The van der Waals surface area contributed by atoms with E-state index in [0.29, 0.717) is 19.8 Å². The molecule has 26 heavy (non-hydrogen) atoms. The summed E-state index contributed by atoms with van der Waals surface area (Å²) in [5.74, 6) is -1.53. The first-order valence-corrected chi connectivity index (χ1v) is 8.68. The molecule has 2 N–H and O–H groups in total. The lowest BCUT2D eigenvalue weighted by molar-refractivity contribution is -0.141. The van der Waals surface area contributed by atoms with Gasteiger partial charge in [-0.2, -0.15) is 0 Å². The van der Waals surface area contributed by atoms with Gasteiger partial charge in [-0.15, -0.1) is 0 Å². The quantitative estimate of drug-likeness (QED) is 0.655. The van der Waals surface area contributed by atoms with Crippen LogP contribution in [0, 0.1) is 5.41 Å². The fourth-order valence-electron chi connectivity index (χ4n) is 2.52. The van der Waals surface area contributed by atoms with Crippen LogP contribution in [-0.2, 0) is 19.1 Å². The number of hydrogen-bond donors (Lipinski definition) is 2. The monoisotopic (exact) mass is 369 g/mol. The van der Waals surface area contributed by atoms with Gasteiger partial charge in [0.1, 0.15) is 12.1 Å². The molecule has 0 spiro atoms. The minimum absolute atomic E-state index is 0.159. The average molecular weight is 369 g/mol. The first kappa shape index (κ1) is 22.1. The molecular weight excluding hydrogens is 338 g/mol. The maximum Gasteiger partial charge on any atom is 0.331 e. The third-order valence-electron chi connectivity index (χ3n) is 4.48. The van der Waals surface area contributed by atoms with Crippen LogP contribution in [0.3, 0.4) is 0 Å². The first-order chi connectivity index (χ1) is 11.9. The molecule has 1 rings (SSSR count). The average Bonchev–Trinajstić information content (AvgIpc) is 2.55. The molecule has 2 atom stereocenters. The number of carboxylic acid groups (broad SMARTS) is 1. The van der Waals surface area contributed by atoms with Gasteiger partial charge in [0.25, 0.3) is 0 Å². The van der Waals surface area contributed by atoms with Gasteiger partial charge >= 0.3 is 5.97 Å². The van der Waals surface area contributed by atoms with E-state index >= 15 is 0 Å². The highest BCUT2D eigenvalue weighted by molar-refractivity contribution is 5.90. The highest BCUT2D eigenvalue weighted by Gasteiger charge is 2.37. The predicted molar refractivity (Wildman–Crippen MR) is 97.7 cm³/mol. The topological polar surface area (TPSA) is 99.2 Å². The van der Waals surface area contributed by atoms with Gasteiger partial charge in [-0.05, 0) is 19.4 Å². The summed E-state index contributed by atoms with van der Waals surface area (Å²) in [4.78, 5) is 39.7. The smallest absolute Gasteiger partial charge is 0.331 e. The molecule has 2 unspecified atom stereocenters. The maximum atomic E-state index is 12.9. The summed E-state index contributed by atoms with van der Waals surface area (Å²) >= 11 is 0. The highest BCUT2D eigenvalue weighted by atomic mass is 16.5. The van der Waals surface area contributed by atoms with E-state index in [4.69, 9.17) is 9.84 Å². The van der Waals surface area contributed by atoms with Crippen molar-refractivity contribution in [2.75, 3.05) is 40.4 Å². The zero-order valence-corrected chi connectivity index (χ0v) is 16.5. The molecule has 0 saturated carbocycles. The van der Waals surface area contributed by atoms with Gasteiger partial charge in [-0.3, -0.25) is 14.5 Å². The maximum absolute atomic E-state index is 12.9. The number of carboxylic acids is 1. The second kappa shape index (κ2) is 9.14. The Balaban J connectivity index is 2.85. The lowest BCUT2D eigenvalue weighted by Crippen LogP contribution is -2.59. The van der Waals surface area contributed by atoms with Crippen LogP contribution >= 0.6 is 0 Å². The molecule has 1 heterocycles. The molecule has 0 bridgehead atoms. The molecule has 1 saturated heterocycles. The van der Waals surface area contributed by atoms with Crippen molar-refractivity contribution in [3.05, 3.63) is 11.6 Å². The molecule has 0 radical (unpaired) electrons. The summed E-state index contributed by atoms with van der Waals surface area (Å²) in [6.45, 7) is 8.80. The zero-order chi connectivity index (χ0) is 20.1. The lowest BCUT2D eigenvalue weighted by atomic mass is 9.85. The Bertz CT molecular complexity index is 568. The van der Waals surface area contributed by atoms with Gasteiger partial charge in [0.05, 0.1) is 13.2 Å². The van der Waals surface area contributed by atoms with Crippen molar-refractivity contribution < 1.29 is 24.2 Å². The Labute approximate surface area is 155 Å². The number of amides is 2. The molecule has 1 aliphatic rings. The summed E-state index contributed by atoms with van der Waals surface area (Å²) in [6.07, 6.45) is 1.48. The Morgan fingerprint density at radius 2 is 2.00 bits per heavy atom. The summed E-state index contributed by atoms with van der Waals surface area (Å²) < 4.78 is 5.37. The van der Waals surface area contributed by atoms with Crippen molar-refractivity contribution in [1.29, 1.82) is 0 Å². The fraction of sp³-hybridized carbons (Fsp3) is 0.722. The van der Waals surface area contributed by atoms with Crippen LogP contribution < -0.4 is 5.32 Å². The molecule has 1 fully saturated rings. The van der Waals surface area contributed by atoms with Crippen LogP contribution in [0.4, 0.5) is 0 Å². The van der Waals surface area contributed by atoms with Crippen LogP contribution in [0.1, 0.15) is 27.7 Å². The number of aliphatic carboxylic acids is 1. The summed E-state index contributed by atoms with van der Waals surface area (Å²) in [6, 6.07) is -1.16. The van der Waals surface area contributed by atoms with Crippen LogP contribution in [-0.4, -0.2) is 85.2 Å². The normalized spacial score (nSPS) is 20.4. The molecule has 0 aromatic rings. The van der Waals surface area contributed by atoms with E-state index in [2.05, 4.69) is 5.32 Å². The van der Waals surface area contributed by atoms with E-state index in [9.17, 15) is 14.4 Å². The Hall–Kier alpha value is -1.93. The van der Waals surface area contributed by atoms with Crippen LogP contribution in [0.2, 0.25) is 0 Å². The van der Waals surface area contributed by atoms with Crippen LogP contribution in [0.5, 0.6) is 0 Å². The Morgan fingerprint density at radius 1 is 1.38 bits per heavy atom. The van der Waals surface area contributed by atoms with Gasteiger partial charge in [0.15, 0.2) is 0 Å². The van der Waals surface area contributed by atoms with Crippen molar-refractivity contribution >= 4 is 17.8 Å². The summed E-state index contributed by atoms with van der Waals surface area (Å²) in [7, 11) is 3.45. The molecule has 8 heteroatoms. The number of likely N-dealkylation sites (N-methyl/N-ethyl adjacent to an activating group) is 2. The Morgan fingerprint density at radius 3 is 2.50 bits per heavy atom. The van der Waals surface area contributed by atoms with Crippen LogP contribution in [0.15, 0.2) is 11.6 Å². The van der Waals surface area contributed by atoms with E-state index in [0.717, 1.165) is 0 Å². The number of ether oxygens (including phenoxy) is 1. The number of nitrogens with one attached hydrogen (secondary N) is 1. The van der Waals surface area contributed by atoms with Crippen LogP contribution in [0.25, 0.3) is 0 Å². The minimum Gasteiger partial charge on any atom is -0.478 e. The molecule has 0 aromatic heterocycles. The first-order valence-electron chi connectivity index (χ1n) is 8.68. The standard InChI is InChI=1S/C18H31N3O5/c1-12(17(24)25)7-8-21(6)16(23)14(18(2,3)4)19-15(22)13-11-26-10-9-20(13)5/h7,13-14H,8-11H2,1-6H3,(H,19,22)(H,24,25)/b12-7+. The molecule has 0 aromatic carbocycles. The van der Waals surface area contributed by atoms with E-state index in [-0.39, 0.29) is 23.9 Å². The molecule has 148 valence electrons. The number of carbonyl (C=O) groups excluding carboxylic acids is 2. The zero-order valence-electron chi connectivity index (χ0n) is 16.5. The van der Waals surface area contributed by atoms with E-state index in [1.165, 1.54) is 17.9 Å². The largest absolute Gasteiger partial charge is 0.478 e. The SMILES string of the molecule is C/C(=C\CN(C)C(=O)C(NC(=O)C1COCCN1C)C(C)(C)C)C(=O)O. The number of carbonyl (C=O) groups is 3. The third kappa shape index (κ3) is 6.10. The van der Waals surface area contributed by atoms with E-state index in [1.54, 1.807) is 7.05 Å². The van der Waals surface area contributed by atoms with Gasteiger partial charge in [0.2, 0.25) is 11.8 Å². The molecule has 8 nitrogen and oxygen atoms in total. The minimum atomic E-state index is -1.02. The predicted octanol–water partition coefficient (Wildman–Crippen LogP) is 0.337.